The highest BCUT2D eigenvalue weighted by atomic mass is 127. The Morgan fingerprint density at radius 3 is 2.32 bits per heavy atom. The highest BCUT2D eigenvalue weighted by Crippen LogP contribution is 2.07. The van der Waals surface area contributed by atoms with Crippen molar-refractivity contribution in [2.45, 2.75) is 33.2 Å². The molecule has 0 aliphatic heterocycles. The highest BCUT2D eigenvalue weighted by molar-refractivity contribution is 14.0. The fourth-order valence-corrected chi connectivity index (χ4v) is 2.73. The molecule has 0 bridgehead atoms. The maximum atomic E-state index is 12.0. The smallest absolute Gasteiger partial charge is 0.251 e. The normalized spacial score (nSPS) is 10.7. The average molecular weight is 494 g/mol. The zero-order chi connectivity index (χ0) is 19.3. The number of halogens is 1. The fourth-order valence-electron chi connectivity index (χ4n) is 2.73. The van der Waals surface area contributed by atoms with Crippen molar-refractivity contribution in [1.29, 1.82) is 0 Å². The molecule has 2 aromatic carbocycles. The Morgan fingerprint density at radius 2 is 1.61 bits per heavy atom. The lowest BCUT2D eigenvalue weighted by Crippen LogP contribution is -2.37. The molecule has 0 radical (unpaired) electrons. The van der Waals surface area contributed by atoms with Gasteiger partial charge in [-0.3, -0.25) is 4.79 Å². The van der Waals surface area contributed by atoms with Crippen LogP contribution in [-0.4, -0.2) is 31.5 Å². The van der Waals surface area contributed by atoms with E-state index in [4.69, 9.17) is 0 Å². The number of hydrogen-bond acceptors (Lipinski definition) is 2. The summed E-state index contributed by atoms with van der Waals surface area (Å²) in [5, 5.41) is 9.47. The largest absolute Gasteiger partial charge is 0.357 e. The molecule has 0 aromatic heterocycles. The number of benzene rings is 2. The van der Waals surface area contributed by atoms with Crippen LogP contribution < -0.4 is 16.0 Å². The van der Waals surface area contributed by atoms with Crippen molar-refractivity contribution in [1.82, 2.24) is 16.0 Å². The van der Waals surface area contributed by atoms with E-state index in [0.717, 1.165) is 37.5 Å². The van der Waals surface area contributed by atoms with Gasteiger partial charge in [-0.05, 0) is 49.9 Å². The zero-order valence-electron chi connectivity index (χ0n) is 16.7. The van der Waals surface area contributed by atoms with Gasteiger partial charge in [0.1, 0.15) is 0 Å². The first-order valence-electron chi connectivity index (χ1n) is 9.66. The van der Waals surface area contributed by atoms with Gasteiger partial charge in [-0.15, -0.1) is 24.0 Å². The number of rotatable bonds is 9. The van der Waals surface area contributed by atoms with E-state index in [2.05, 4.69) is 52.1 Å². The van der Waals surface area contributed by atoms with Gasteiger partial charge in [-0.1, -0.05) is 42.5 Å². The van der Waals surface area contributed by atoms with Crippen molar-refractivity contribution in [3.05, 3.63) is 71.3 Å². The maximum Gasteiger partial charge on any atom is 0.251 e. The van der Waals surface area contributed by atoms with Crippen LogP contribution in [-0.2, 0) is 13.0 Å². The molecule has 2 aromatic rings. The Morgan fingerprint density at radius 1 is 0.893 bits per heavy atom. The number of aliphatic imine (C=N–C) groups is 1. The minimum absolute atomic E-state index is 0. The number of aryl methyl sites for hydroxylation is 1. The molecule has 3 N–H and O–H groups in total. The Labute approximate surface area is 185 Å². The molecule has 0 unspecified atom stereocenters. The van der Waals surface area contributed by atoms with Gasteiger partial charge in [-0.25, -0.2) is 4.99 Å². The molecule has 0 saturated carbocycles. The lowest BCUT2D eigenvalue weighted by atomic mass is 10.1. The van der Waals surface area contributed by atoms with Crippen LogP contribution in [0.3, 0.4) is 0 Å². The van der Waals surface area contributed by atoms with E-state index in [1.165, 1.54) is 5.56 Å². The average Bonchev–Trinajstić information content (AvgIpc) is 2.70. The second-order valence-electron chi connectivity index (χ2n) is 6.27. The number of amides is 1. The van der Waals surface area contributed by atoms with Crippen LogP contribution in [0.25, 0.3) is 0 Å². The number of carbonyl (C=O) groups excluding carboxylic acids is 1. The third kappa shape index (κ3) is 8.73. The van der Waals surface area contributed by atoms with Crippen molar-refractivity contribution in [3.63, 3.8) is 0 Å². The molecule has 0 aliphatic carbocycles. The molecule has 1 amide bonds. The third-order valence-electron chi connectivity index (χ3n) is 4.07. The molecule has 0 heterocycles. The van der Waals surface area contributed by atoms with Crippen LogP contribution >= 0.6 is 24.0 Å². The molecule has 6 heteroatoms. The third-order valence-corrected chi connectivity index (χ3v) is 4.07. The van der Waals surface area contributed by atoms with Gasteiger partial charge in [0, 0.05) is 25.2 Å². The van der Waals surface area contributed by atoms with Gasteiger partial charge in [0.25, 0.3) is 5.91 Å². The summed E-state index contributed by atoms with van der Waals surface area (Å²) in [7, 11) is 0. The predicted molar refractivity (Wildman–Crippen MR) is 127 cm³/mol. The van der Waals surface area contributed by atoms with Crippen molar-refractivity contribution in [2.24, 2.45) is 4.99 Å². The van der Waals surface area contributed by atoms with E-state index in [1.807, 2.05) is 37.3 Å². The van der Waals surface area contributed by atoms with Crippen LogP contribution in [0.2, 0.25) is 0 Å². The summed E-state index contributed by atoms with van der Waals surface area (Å²) < 4.78 is 0. The number of nitrogens with one attached hydrogen (secondary N) is 3. The minimum Gasteiger partial charge on any atom is -0.357 e. The molecule has 152 valence electrons. The monoisotopic (exact) mass is 494 g/mol. The summed E-state index contributed by atoms with van der Waals surface area (Å²) in [6.45, 7) is 6.79. The van der Waals surface area contributed by atoms with Gasteiger partial charge < -0.3 is 16.0 Å². The van der Waals surface area contributed by atoms with Crippen LogP contribution in [0.1, 0.15) is 41.8 Å². The summed E-state index contributed by atoms with van der Waals surface area (Å²) in [5.74, 6) is 0.753. The summed E-state index contributed by atoms with van der Waals surface area (Å²) in [5.41, 5.74) is 3.04. The Bertz CT molecular complexity index is 734. The Kier molecular flexibility index (Phi) is 12.0. The second kappa shape index (κ2) is 14.0. The lowest BCUT2D eigenvalue weighted by Gasteiger charge is -2.11. The van der Waals surface area contributed by atoms with E-state index < -0.39 is 0 Å². The van der Waals surface area contributed by atoms with Crippen LogP contribution in [0, 0.1) is 0 Å². The van der Waals surface area contributed by atoms with E-state index in [1.54, 1.807) is 0 Å². The van der Waals surface area contributed by atoms with Crippen molar-refractivity contribution >= 4 is 35.8 Å². The summed E-state index contributed by atoms with van der Waals surface area (Å²) >= 11 is 0. The van der Waals surface area contributed by atoms with Crippen LogP contribution in [0.15, 0.2) is 59.6 Å². The van der Waals surface area contributed by atoms with Gasteiger partial charge in [0.2, 0.25) is 0 Å². The van der Waals surface area contributed by atoms with Gasteiger partial charge in [0.05, 0.1) is 6.54 Å². The molecule has 5 nitrogen and oxygen atoms in total. The first-order chi connectivity index (χ1) is 13.2. The minimum atomic E-state index is -0.0470. The van der Waals surface area contributed by atoms with Crippen molar-refractivity contribution in [3.8, 4) is 0 Å². The fraction of sp³-hybridized carbons (Fsp3) is 0.364. The summed E-state index contributed by atoms with van der Waals surface area (Å²) in [6, 6.07) is 18.1. The van der Waals surface area contributed by atoms with E-state index in [0.29, 0.717) is 18.7 Å². The number of hydrogen-bond donors (Lipinski definition) is 3. The Hall–Kier alpha value is -2.09. The number of nitrogens with zero attached hydrogens (tertiary/aromatic N) is 1. The first-order valence-corrected chi connectivity index (χ1v) is 9.66. The predicted octanol–water partition coefficient (Wildman–Crippen LogP) is 3.74. The zero-order valence-corrected chi connectivity index (χ0v) is 19.0. The number of guanidine groups is 1. The highest BCUT2D eigenvalue weighted by Gasteiger charge is 2.05. The molecule has 28 heavy (non-hydrogen) atoms. The van der Waals surface area contributed by atoms with Gasteiger partial charge in [-0.2, -0.15) is 0 Å². The second-order valence-corrected chi connectivity index (χ2v) is 6.27. The molecule has 0 atom stereocenters. The maximum absolute atomic E-state index is 12.0. The topological polar surface area (TPSA) is 65.5 Å². The lowest BCUT2D eigenvalue weighted by molar-refractivity contribution is 0.0955. The van der Waals surface area contributed by atoms with Crippen LogP contribution in [0.4, 0.5) is 0 Å². The summed E-state index contributed by atoms with van der Waals surface area (Å²) in [6.07, 6.45) is 2.09. The van der Waals surface area contributed by atoms with Gasteiger partial charge in [0.15, 0.2) is 5.96 Å². The molecule has 0 aliphatic rings. The number of carbonyl (C=O) groups is 1. The molecular formula is C22H31IN4O. The SMILES string of the molecule is CCNC(=O)c1cccc(CN=C(NCC)NCCCc2ccccc2)c1.I. The first kappa shape index (κ1) is 23.9. The van der Waals surface area contributed by atoms with Crippen molar-refractivity contribution < 1.29 is 4.79 Å². The van der Waals surface area contributed by atoms with Crippen molar-refractivity contribution in [2.75, 3.05) is 19.6 Å². The van der Waals surface area contributed by atoms with Crippen LogP contribution in [0.5, 0.6) is 0 Å². The summed E-state index contributed by atoms with van der Waals surface area (Å²) in [4.78, 5) is 16.6. The molecule has 0 fully saturated rings. The van der Waals surface area contributed by atoms with Gasteiger partial charge >= 0.3 is 0 Å². The van der Waals surface area contributed by atoms with E-state index in [9.17, 15) is 4.79 Å². The molecule has 0 spiro atoms. The molecule has 0 saturated heterocycles. The van der Waals surface area contributed by atoms with E-state index >= 15 is 0 Å². The van der Waals surface area contributed by atoms with E-state index in [-0.39, 0.29) is 29.9 Å². The standard InChI is InChI=1S/C22H30N4O.HI/c1-3-23-21(27)20-14-8-12-19(16-20)17-26-22(24-4-2)25-15-9-13-18-10-6-5-7-11-18;/h5-8,10-12,14,16H,3-4,9,13,15,17H2,1-2H3,(H,23,27)(H2,24,25,26);1H. The molecule has 2 rings (SSSR count). The Balaban J connectivity index is 0.00000392. The molecular weight excluding hydrogens is 463 g/mol. The quantitative estimate of drug-likeness (QED) is 0.215.